The van der Waals surface area contributed by atoms with Crippen LogP contribution in [0.4, 0.5) is 5.69 Å². The van der Waals surface area contributed by atoms with Crippen LogP contribution < -0.4 is 5.73 Å². The summed E-state index contributed by atoms with van der Waals surface area (Å²) in [5, 5.41) is 9.28. The maximum Gasteiger partial charge on any atom is 0.185 e. The minimum absolute atomic E-state index is 0. The second kappa shape index (κ2) is 6.61. The van der Waals surface area contributed by atoms with E-state index in [4.69, 9.17) is 5.73 Å². The molecular formula is C15H14ClNO2. The van der Waals surface area contributed by atoms with E-state index in [1.165, 1.54) is 18.2 Å². The lowest BCUT2D eigenvalue weighted by atomic mass is 10.1. The maximum absolute atomic E-state index is 11.9. The monoisotopic (exact) mass is 275 g/mol. The smallest absolute Gasteiger partial charge is 0.185 e. The minimum Gasteiger partial charge on any atom is -0.506 e. The zero-order valence-electron chi connectivity index (χ0n) is 10.1. The molecule has 3 N–H and O–H groups in total. The lowest BCUT2D eigenvalue weighted by molar-refractivity contribution is 0.104. The van der Waals surface area contributed by atoms with Crippen molar-refractivity contribution in [1.29, 1.82) is 0 Å². The van der Waals surface area contributed by atoms with Gasteiger partial charge in [-0.05, 0) is 29.8 Å². The van der Waals surface area contributed by atoms with E-state index in [1.807, 2.05) is 30.3 Å². The zero-order chi connectivity index (χ0) is 13.0. The van der Waals surface area contributed by atoms with Gasteiger partial charge >= 0.3 is 0 Å². The zero-order valence-corrected chi connectivity index (χ0v) is 10.9. The number of carbonyl (C=O) groups is 1. The van der Waals surface area contributed by atoms with E-state index in [-0.39, 0.29) is 29.6 Å². The van der Waals surface area contributed by atoms with Crippen LogP contribution in [-0.2, 0) is 0 Å². The van der Waals surface area contributed by atoms with Crippen LogP contribution in [0.25, 0.3) is 6.08 Å². The molecule has 19 heavy (non-hydrogen) atoms. The summed E-state index contributed by atoms with van der Waals surface area (Å²) in [6, 6.07) is 14.0. The van der Waals surface area contributed by atoms with E-state index in [0.717, 1.165) is 5.56 Å². The van der Waals surface area contributed by atoms with Crippen molar-refractivity contribution in [2.24, 2.45) is 0 Å². The standard InChI is InChI=1S/C15H13NO2.ClH/c16-13-10-12(7-9-15(13)18)14(17)8-6-11-4-2-1-3-5-11;/h1-10,18H,16H2;1H. The number of anilines is 1. The number of allylic oxidation sites excluding steroid dienone is 1. The number of nitrogen functional groups attached to an aromatic ring is 1. The largest absolute Gasteiger partial charge is 0.506 e. The number of phenols is 1. The SMILES string of the molecule is Cl.Nc1cc(C(=O)C=Cc2ccccc2)ccc1O. The summed E-state index contributed by atoms with van der Waals surface area (Å²) in [7, 11) is 0. The first-order chi connectivity index (χ1) is 8.66. The van der Waals surface area contributed by atoms with E-state index in [1.54, 1.807) is 12.1 Å². The number of carbonyl (C=O) groups excluding carboxylic acids is 1. The average Bonchev–Trinajstić information content (AvgIpc) is 2.40. The summed E-state index contributed by atoms with van der Waals surface area (Å²) in [5.41, 5.74) is 7.15. The Morgan fingerprint density at radius 1 is 1.11 bits per heavy atom. The fourth-order valence-corrected chi connectivity index (χ4v) is 1.54. The predicted octanol–water partition coefficient (Wildman–Crippen LogP) is 3.29. The Hall–Kier alpha value is -2.26. The fraction of sp³-hybridized carbons (Fsp3) is 0. The topological polar surface area (TPSA) is 63.3 Å². The van der Waals surface area contributed by atoms with Crippen LogP contribution in [0.15, 0.2) is 54.6 Å². The molecule has 0 saturated carbocycles. The number of benzene rings is 2. The minimum atomic E-state index is -0.148. The highest BCUT2D eigenvalue weighted by atomic mass is 35.5. The summed E-state index contributed by atoms with van der Waals surface area (Å²) in [6.45, 7) is 0. The van der Waals surface area contributed by atoms with Gasteiger partial charge in [0.15, 0.2) is 5.78 Å². The third kappa shape index (κ3) is 3.86. The van der Waals surface area contributed by atoms with Crippen LogP contribution in [0.3, 0.4) is 0 Å². The number of ketones is 1. The Kier molecular flexibility index (Phi) is 5.15. The number of hydrogen-bond acceptors (Lipinski definition) is 3. The summed E-state index contributed by atoms with van der Waals surface area (Å²) >= 11 is 0. The van der Waals surface area contributed by atoms with Crippen LogP contribution in [-0.4, -0.2) is 10.9 Å². The van der Waals surface area contributed by atoms with Crippen molar-refractivity contribution in [3.8, 4) is 5.75 Å². The van der Waals surface area contributed by atoms with Crippen molar-refractivity contribution in [2.75, 3.05) is 5.73 Å². The Bertz CT molecular complexity index is 594. The molecule has 3 nitrogen and oxygen atoms in total. The van der Waals surface area contributed by atoms with Gasteiger partial charge in [0.2, 0.25) is 0 Å². The first-order valence-corrected chi connectivity index (χ1v) is 5.53. The summed E-state index contributed by atoms with van der Waals surface area (Å²) in [6.07, 6.45) is 3.23. The van der Waals surface area contributed by atoms with Gasteiger partial charge < -0.3 is 10.8 Å². The Morgan fingerprint density at radius 3 is 2.42 bits per heavy atom. The van der Waals surface area contributed by atoms with E-state index in [2.05, 4.69) is 0 Å². The van der Waals surface area contributed by atoms with E-state index in [0.29, 0.717) is 5.56 Å². The molecule has 2 rings (SSSR count). The number of hydrogen-bond donors (Lipinski definition) is 2. The van der Waals surface area contributed by atoms with Gasteiger partial charge in [-0.1, -0.05) is 36.4 Å². The second-order valence-corrected chi connectivity index (χ2v) is 3.88. The lowest BCUT2D eigenvalue weighted by Gasteiger charge is -2.00. The van der Waals surface area contributed by atoms with Crippen molar-refractivity contribution < 1.29 is 9.90 Å². The molecule has 0 amide bonds. The van der Waals surface area contributed by atoms with Gasteiger partial charge in [0.1, 0.15) is 5.75 Å². The number of rotatable bonds is 3. The van der Waals surface area contributed by atoms with Gasteiger partial charge in [0.25, 0.3) is 0 Å². The highest BCUT2D eigenvalue weighted by molar-refractivity contribution is 6.07. The molecule has 0 heterocycles. The number of aromatic hydroxyl groups is 1. The van der Waals surface area contributed by atoms with Crippen LogP contribution in [0.5, 0.6) is 5.75 Å². The molecule has 0 spiro atoms. The van der Waals surface area contributed by atoms with Crippen LogP contribution in [0, 0.1) is 0 Å². The highest BCUT2D eigenvalue weighted by Crippen LogP contribution is 2.20. The molecule has 0 aliphatic carbocycles. The Balaban J connectivity index is 0.00000180. The first-order valence-electron chi connectivity index (χ1n) is 5.53. The molecule has 0 aromatic heterocycles. The Morgan fingerprint density at radius 2 is 1.79 bits per heavy atom. The number of halogens is 1. The molecule has 0 atom stereocenters. The van der Waals surface area contributed by atoms with Crippen molar-refractivity contribution in [3.05, 3.63) is 65.7 Å². The molecule has 0 aliphatic rings. The molecule has 0 saturated heterocycles. The second-order valence-electron chi connectivity index (χ2n) is 3.88. The Labute approximate surface area is 117 Å². The lowest BCUT2D eigenvalue weighted by Crippen LogP contribution is -1.96. The van der Waals surface area contributed by atoms with Crippen molar-refractivity contribution in [2.45, 2.75) is 0 Å². The molecule has 2 aromatic carbocycles. The van der Waals surface area contributed by atoms with Gasteiger partial charge in [0, 0.05) is 5.56 Å². The van der Waals surface area contributed by atoms with Gasteiger partial charge in [-0.3, -0.25) is 4.79 Å². The van der Waals surface area contributed by atoms with Crippen LogP contribution in [0.2, 0.25) is 0 Å². The van der Waals surface area contributed by atoms with Crippen molar-refractivity contribution in [1.82, 2.24) is 0 Å². The van der Waals surface area contributed by atoms with E-state index in [9.17, 15) is 9.90 Å². The van der Waals surface area contributed by atoms with Gasteiger partial charge in [-0.2, -0.15) is 0 Å². The molecule has 0 radical (unpaired) electrons. The third-order valence-corrected chi connectivity index (χ3v) is 2.54. The van der Waals surface area contributed by atoms with Crippen LogP contribution >= 0.6 is 12.4 Å². The van der Waals surface area contributed by atoms with Gasteiger partial charge in [-0.15, -0.1) is 12.4 Å². The quantitative estimate of drug-likeness (QED) is 0.391. The number of phenolic OH excluding ortho intramolecular Hbond substituents is 1. The van der Waals surface area contributed by atoms with Gasteiger partial charge in [-0.25, -0.2) is 0 Å². The van der Waals surface area contributed by atoms with Crippen molar-refractivity contribution in [3.63, 3.8) is 0 Å². The normalized spacial score (nSPS) is 10.1. The molecule has 0 aliphatic heterocycles. The molecule has 0 fully saturated rings. The highest BCUT2D eigenvalue weighted by Gasteiger charge is 2.04. The van der Waals surface area contributed by atoms with E-state index < -0.39 is 0 Å². The predicted molar refractivity (Wildman–Crippen MR) is 79.6 cm³/mol. The first kappa shape index (κ1) is 14.8. The van der Waals surface area contributed by atoms with E-state index >= 15 is 0 Å². The molecule has 0 unspecified atom stereocenters. The third-order valence-electron chi connectivity index (χ3n) is 2.54. The molecule has 2 aromatic rings. The molecule has 4 heteroatoms. The summed E-state index contributed by atoms with van der Waals surface area (Å²) < 4.78 is 0. The molecule has 98 valence electrons. The molecule has 0 bridgehead atoms. The van der Waals surface area contributed by atoms with Crippen molar-refractivity contribution >= 4 is 30.0 Å². The average molecular weight is 276 g/mol. The summed E-state index contributed by atoms with van der Waals surface area (Å²) in [5.74, 6) is -0.163. The molecular weight excluding hydrogens is 262 g/mol. The maximum atomic E-state index is 11.9. The number of nitrogens with two attached hydrogens (primary N) is 1. The van der Waals surface area contributed by atoms with Gasteiger partial charge in [0.05, 0.1) is 5.69 Å². The summed E-state index contributed by atoms with van der Waals surface area (Å²) in [4.78, 5) is 11.9. The fourth-order valence-electron chi connectivity index (χ4n) is 1.54. The van der Waals surface area contributed by atoms with Crippen LogP contribution in [0.1, 0.15) is 15.9 Å².